The normalized spacial score (nSPS) is 10.4. The summed E-state index contributed by atoms with van der Waals surface area (Å²) in [6.45, 7) is 3.94. The minimum Gasteiger partial charge on any atom is -0.493 e. The molecule has 0 aliphatic rings. The minimum atomic E-state index is -0.389. The number of benzene rings is 2. The van der Waals surface area contributed by atoms with E-state index in [1.165, 1.54) is 0 Å². The van der Waals surface area contributed by atoms with Gasteiger partial charge in [0.05, 0.1) is 25.9 Å². The molecule has 1 amide bonds. The van der Waals surface area contributed by atoms with Crippen LogP contribution in [0.4, 0.5) is 0 Å². The third kappa shape index (κ3) is 7.03. The van der Waals surface area contributed by atoms with Crippen LogP contribution in [-0.2, 0) is 16.0 Å². The summed E-state index contributed by atoms with van der Waals surface area (Å²) in [6.07, 6.45) is 0.472. The van der Waals surface area contributed by atoms with Gasteiger partial charge in [0.1, 0.15) is 5.75 Å². The summed E-state index contributed by atoms with van der Waals surface area (Å²) < 4.78 is 21.1. The summed E-state index contributed by atoms with van der Waals surface area (Å²) in [5.41, 5.74) is 1.46. The van der Waals surface area contributed by atoms with Crippen molar-refractivity contribution in [3.63, 3.8) is 0 Å². The van der Waals surface area contributed by atoms with Crippen molar-refractivity contribution in [3.8, 4) is 17.2 Å². The molecule has 7 heteroatoms. The SMILES string of the molecule is COc1ccc(CCNC(=O)COc2ccc(C(=O)OC(C)C)cc2)cc1OC. The average molecular weight is 401 g/mol. The Hall–Kier alpha value is -3.22. The van der Waals surface area contributed by atoms with Crippen molar-refractivity contribution in [3.05, 3.63) is 53.6 Å². The monoisotopic (exact) mass is 401 g/mol. The molecule has 156 valence electrons. The number of ether oxygens (including phenoxy) is 4. The Balaban J connectivity index is 1.75. The van der Waals surface area contributed by atoms with Crippen LogP contribution in [0, 0.1) is 0 Å². The average Bonchev–Trinajstić information content (AvgIpc) is 2.72. The van der Waals surface area contributed by atoms with Gasteiger partial charge in [0.2, 0.25) is 0 Å². The Bertz CT molecular complexity index is 817. The number of methoxy groups -OCH3 is 2. The molecule has 0 unspecified atom stereocenters. The van der Waals surface area contributed by atoms with Gasteiger partial charge in [0.15, 0.2) is 18.1 Å². The van der Waals surface area contributed by atoms with Crippen molar-refractivity contribution in [1.29, 1.82) is 0 Å². The first kappa shape index (κ1) is 22.1. The van der Waals surface area contributed by atoms with E-state index in [2.05, 4.69) is 5.32 Å². The highest BCUT2D eigenvalue weighted by molar-refractivity contribution is 5.89. The molecule has 0 spiro atoms. The van der Waals surface area contributed by atoms with Gasteiger partial charge in [-0.15, -0.1) is 0 Å². The molecule has 0 radical (unpaired) electrons. The van der Waals surface area contributed by atoms with E-state index < -0.39 is 0 Å². The van der Waals surface area contributed by atoms with Gasteiger partial charge in [-0.3, -0.25) is 4.79 Å². The molecule has 0 aromatic heterocycles. The van der Waals surface area contributed by atoms with Gasteiger partial charge >= 0.3 is 5.97 Å². The number of nitrogens with one attached hydrogen (secondary N) is 1. The lowest BCUT2D eigenvalue weighted by atomic mass is 10.1. The molecule has 0 heterocycles. The van der Waals surface area contributed by atoms with Gasteiger partial charge < -0.3 is 24.3 Å². The van der Waals surface area contributed by atoms with Gasteiger partial charge in [0.25, 0.3) is 5.91 Å². The van der Waals surface area contributed by atoms with Crippen LogP contribution in [0.5, 0.6) is 17.2 Å². The van der Waals surface area contributed by atoms with Gasteiger partial charge in [-0.2, -0.15) is 0 Å². The Labute approximate surface area is 170 Å². The van der Waals surface area contributed by atoms with Crippen molar-refractivity contribution >= 4 is 11.9 Å². The van der Waals surface area contributed by atoms with Crippen molar-refractivity contribution in [2.75, 3.05) is 27.4 Å². The fraction of sp³-hybridized carbons (Fsp3) is 0.364. The molecule has 0 aliphatic carbocycles. The smallest absolute Gasteiger partial charge is 0.338 e. The molecule has 2 aromatic carbocycles. The zero-order chi connectivity index (χ0) is 21.2. The molecular formula is C22H27NO6. The molecule has 0 atom stereocenters. The third-order valence-electron chi connectivity index (χ3n) is 3.99. The lowest BCUT2D eigenvalue weighted by molar-refractivity contribution is -0.123. The number of hydrogen-bond donors (Lipinski definition) is 1. The summed E-state index contributed by atoms with van der Waals surface area (Å²) in [4.78, 5) is 23.8. The fourth-order valence-electron chi connectivity index (χ4n) is 2.55. The number of esters is 1. The minimum absolute atomic E-state index is 0.109. The third-order valence-corrected chi connectivity index (χ3v) is 3.99. The van der Waals surface area contributed by atoms with Crippen LogP contribution >= 0.6 is 0 Å². The first-order chi connectivity index (χ1) is 13.9. The van der Waals surface area contributed by atoms with E-state index in [4.69, 9.17) is 18.9 Å². The first-order valence-corrected chi connectivity index (χ1v) is 9.34. The molecule has 0 saturated heterocycles. The molecule has 0 saturated carbocycles. The standard InChI is InChI=1S/C22H27NO6/c1-15(2)29-22(25)17-6-8-18(9-7-17)28-14-21(24)23-12-11-16-5-10-19(26-3)20(13-16)27-4/h5-10,13,15H,11-12,14H2,1-4H3,(H,23,24). The van der Waals surface area contributed by atoms with Crippen LogP contribution in [0.3, 0.4) is 0 Å². The van der Waals surface area contributed by atoms with E-state index in [0.29, 0.717) is 35.8 Å². The van der Waals surface area contributed by atoms with Gasteiger partial charge in [0, 0.05) is 6.54 Å². The van der Waals surface area contributed by atoms with Crippen LogP contribution < -0.4 is 19.5 Å². The summed E-state index contributed by atoms with van der Waals surface area (Å²) >= 11 is 0. The summed E-state index contributed by atoms with van der Waals surface area (Å²) in [5.74, 6) is 1.20. The van der Waals surface area contributed by atoms with Gasteiger partial charge in [-0.25, -0.2) is 4.79 Å². The molecular weight excluding hydrogens is 374 g/mol. The number of carbonyl (C=O) groups excluding carboxylic acids is 2. The molecule has 29 heavy (non-hydrogen) atoms. The van der Waals surface area contributed by atoms with Crippen LogP contribution in [0.1, 0.15) is 29.8 Å². The zero-order valence-electron chi connectivity index (χ0n) is 17.2. The van der Waals surface area contributed by atoms with Crippen molar-refractivity contribution in [2.24, 2.45) is 0 Å². The summed E-state index contributed by atoms with van der Waals surface area (Å²) in [5, 5.41) is 2.81. The second-order valence-corrected chi connectivity index (χ2v) is 6.56. The van der Waals surface area contributed by atoms with Crippen LogP contribution in [-0.4, -0.2) is 45.4 Å². The van der Waals surface area contributed by atoms with Gasteiger partial charge in [-0.05, 0) is 62.2 Å². The summed E-state index contributed by atoms with van der Waals surface area (Å²) in [6, 6.07) is 12.1. The fourth-order valence-corrected chi connectivity index (χ4v) is 2.55. The molecule has 2 rings (SSSR count). The Morgan fingerprint density at radius 2 is 1.66 bits per heavy atom. The maximum Gasteiger partial charge on any atom is 0.338 e. The van der Waals surface area contributed by atoms with E-state index in [9.17, 15) is 9.59 Å². The van der Waals surface area contributed by atoms with Crippen LogP contribution in [0.25, 0.3) is 0 Å². The molecule has 2 aromatic rings. The van der Waals surface area contributed by atoms with Gasteiger partial charge in [-0.1, -0.05) is 6.07 Å². The lowest BCUT2D eigenvalue weighted by Gasteiger charge is -2.11. The van der Waals surface area contributed by atoms with E-state index in [1.54, 1.807) is 52.3 Å². The predicted molar refractivity (Wildman–Crippen MR) is 109 cm³/mol. The van der Waals surface area contributed by atoms with Crippen LogP contribution in [0.15, 0.2) is 42.5 Å². The highest BCUT2D eigenvalue weighted by Gasteiger charge is 2.10. The highest BCUT2D eigenvalue weighted by Crippen LogP contribution is 2.27. The number of amides is 1. The van der Waals surface area contributed by atoms with Crippen molar-refractivity contribution in [1.82, 2.24) is 5.32 Å². The van der Waals surface area contributed by atoms with Crippen molar-refractivity contribution < 1.29 is 28.5 Å². The van der Waals surface area contributed by atoms with E-state index in [0.717, 1.165) is 5.56 Å². The maximum absolute atomic E-state index is 12.0. The van der Waals surface area contributed by atoms with E-state index in [-0.39, 0.29) is 24.6 Å². The highest BCUT2D eigenvalue weighted by atomic mass is 16.5. The Morgan fingerprint density at radius 1 is 0.966 bits per heavy atom. The lowest BCUT2D eigenvalue weighted by Crippen LogP contribution is -2.30. The quantitative estimate of drug-likeness (QED) is 0.616. The molecule has 7 nitrogen and oxygen atoms in total. The molecule has 1 N–H and O–H groups in total. The second-order valence-electron chi connectivity index (χ2n) is 6.56. The number of rotatable bonds is 10. The van der Waals surface area contributed by atoms with E-state index in [1.807, 2.05) is 18.2 Å². The molecule has 0 aliphatic heterocycles. The maximum atomic E-state index is 12.0. The van der Waals surface area contributed by atoms with Crippen LogP contribution in [0.2, 0.25) is 0 Å². The topological polar surface area (TPSA) is 83.1 Å². The predicted octanol–water partition coefficient (Wildman–Crippen LogP) is 3.01. The molecule has 0 fully saturated rings. The molecule has 0 bridgehead atoms. The van der Waals surface area contributed by atoms with E-state index >= 15 is 0 Å². The largest absolute Gasteiger partial charge is 0.493 e. The zero-order valence-corrected chi connectivity index (χ0v) is 17.2. The summed E-state index contributed by atoms with van der Waals surface area (Å²) in [7, 11) is 3.17. The second kappa shape index (κ2) is 10.9. The Morgan fingerprint density at radius 3 is 2.28 bits per heavy atom. The number of hydrogen-bond acceptors (Lipinski definition) is 6. The number of carbonyl (C=O) groups is 2. The van der Waals surface area contributed by atoms with Crippen molar-refractivity contribution in [2.45, 2.75) is 26.4 Å². The Kier molecular flexibility index (Phi) is 8.33. The first-order valence-electron chi connectivity index (χ1n) is 9.34.